The predicted octanol–water partition coefficient (Wildman–Crippen LogP) is 0.820. The molecule has 1 aliphatic heterocycles. The van der Waals surface area contributed by atoms with Crippen molar-refractivity contribution in [1.82, 2.24) is 15.5 Å². The first-order valence-electron chi connectivity index (χ1n) is 7.39. The largest absolute Gasteiger partial charge is 0.359 e. The van der Waals surface area contributed by atoms with E-state index in [-0.39, 0.29) is 5.91 Å². The van der Waals surface area contributed by atoms with Gasteiger partial charge in [0, 0.05) is 40.2 Å². The molecule has 0 unspecified atom stereocenters. The number of hydrogen-bond acceptors (Lipinski definition) is 2. The van der Waals surface area contributed by atoms with Gasteiger partial charge in [-0.3, -0.25) is 9.79 Å². The highest BCUT2D eigenvalue weighted by Crippen LogP contribution is 2.27. The van der Waals surface area contributed by atoms with E-state index in [1.165, 1.54) is 12.8 Å². The maximum Gasteiger partial charge on any atom is 0.220 e. The van der Waals surface area contributed by atoms with Crippen LogP contribution in [0.2, 0.25) is 0 Å². The van der Waals surface area contributed by atoms with Crippen LogP contribution in [0, 0.1) is 11.8 Å². The van der Waals surface area contributed by atoms with Gasteiger partial charge in [0.25, 0.3) is 0 Å². The van der Waals surface area contributed by atoms with Gasteiger partial charge in [-0.1, -0.05) is 0 Å². The van der Waals surface area contributed by atoms with E-state index in [2.05, 4.69) is 20.5 Å². The van der Waals surface area contributed by atoms with Crippen molar-refractivity contribution in [1.29, 1.82) is 0 Å². The van der Waals surface area contributed by atoms with Crippen molar-refractivity contribution < 1.29 is 4.79 Å². The summed E-state index contributed by atoms with van der Waals surface area (Å²) in [6, 6.07) is 0. The molecule has 0 radical (unpaired) electrons. The average molecular weight is 266 g/mol. The minimum absolute atomic E-state index is 0.162. The third-order valence-corrected chi connectivity index (χ3v) is 4.12. The Morgan fingerprint density at radius 3 is 2.42 bits per heavy atom. The Kier molecular flexibility index (Phi) is 5.05. The summed E-state index contributed by atoms with van der Waals surface area (Å²) in [5, 5.41) is 6.17. The Hall–Kier alpha value is -1.26. The third kappa shape index (κ3) is 4.40. The number of amides is 1. The monoisotopic (exact) mass is 266 g/mol. The van der Waals surface area contributed by atoms with Gasteiger partial charge >= 0.3 is 0 Å². The standard InChI is InChI=1S/C14H26N4O/c1-15-13(19)9-11-5-7-18(8-6-11)14(16-2)17-10-12-3-4-12/h11-12H,3-10H2,1-2H3,(H,15,19)(H,16,17). The highest BCUT2D eigenvalue weighted by atomic mass is 16.1. The zero-order valence-electron chi connectivity index (χ0n) is 12.1. The molecule has 0 atom stereocenters. The summed E-state index contributed by atoms with van der Waals surface area (Å²) >= 11 is 0. The van der Waals surface area contributed by atoms with Crippen molar-refractivity contribution in [3.63, 3.8) is 0 Å². The number of likely N-dealkylation sites (tertiary alicyclic amines) is 1. The number of nitrogens with one attached hydrogen (secondary N) is 2. The molecule has 1 aliphatic carbocycles. The van der Waals surface area contributed by atoms with Crippen molar-refractivity contribution in [2.75, 3.05) is 33.7 Å². The van der Waals surface area contributed by atoms with Gasteiger partial charge in [-0.25, -0.2) is 0 Å². The predicted molar refractivity (Wildman–Crippen MR) is 77.1 cm³/mol. The second-order valence-electron chi connectivity index (χ2n) is 5.68. The molecule has 19 heavy (non-hydrogen) atoms. The Bertz CT molecular complexity index is 330. The number of guanidine groups is 1. The van der Waals surface area contributed by atoms with Crippen LogP contribution in [0.25, 0.3) is 0 Å². The fourth-order valence-electron chi connectivity index (χ4n) is 2.60. The minimum atomic E-state index is 0.162. The molecular formula is C14H26N4O. The number of nitrogens with zero attached hydrogens (tertiary/aromatic N) is 2. The summed E-state index contributed by atoms with van der Waals surface area (Å²) in [6.45, 7) is 3.07. The molecule has 0 aromatic heterocycles. The fraction of sp³-hybridized carbons (Fsp3) is 0.857. The van der Waals surface area contributed by atoms with Crippen LogP contribution in [0.5, 0.6) is 0 Å². The second kappa shape index (κ2) is 6.78. The first-order chi connectivity index (χ1) is 9.22. The van der Waals surface area contributed by atoms with Crippen molar-refractivity contribution in [2.24, 2.45) is 16.8 Å². The fourth-order valence-corrected chi connectivity index (χ4v) is 2.60. The van der Waals surface area contributed by atoms with Crippen LogP contribution in [0.15, 0.2) is 4.99 Å². The van der Waals surface area contributed by atoms with Crippen molar-refractivity contribution in [3.05, 3.63) is 0 Å². The topological polar surface area (TPSA) is 56.7 Å². The van der Waals surface area contributed by atoms with Gasteiger partial charge in [0.15, 0.2) is 5.96 Å². The number of hydrogen-bond donors (Lipinski definition) is 2. The van der Waals surface area contributed by atoms with Crippen LogP contribution in [-0.4, -0.2) is 50.5 Å². The first-order valence-corrected chi connectivity index (χ1v) is 7.39. The third-order valence-electron chi connectivity index (χ3n) is 4.12. The lowest BCUT2D eigenvalue weighted by molar-refractivity contribution is -0.121. The lowest BCUT2D eigenvalue weighted by Gasteiger charge is -2.34. The molecule has 5 nitrogen and oxygen atoms in total. The number of carbonyl (C=O) groups excluding carboxylic acids is 1. The molecule has 2 N–H and O–H groups in total. The smallest absolute Gasteiger partial charge is 0.220 e. The van der Waals surface area contributed by atoms with Crippen LogP contribution in [-0.2, 0) is 4.79 Å². The van der Waals surface area contributed by atoms with E-state index >= 15 is 0 Å². The van der Waals surface area contributed by atoms with Crippen molar-refractivity contribution in [3.8, 4) is 0 Å². The molecule has 0 spiro atoms. The van der Waals surface area contributed by atoms with E-state index < -0.39 is 0 Å². The summed E-state index contributed by atoms with van der Waals surface area (Å²) < 4.78 is 0. The van der Waals surface area contributed by atoms with Gasteiger partial charge in [-0.15, -0.1) is 0 Å². The summed E-state index contributed by atoms with van der Waals surface area (Å²) in [6.07, 6.45) is 5.55. The SMILES string of the molecule is CN=C(NCC1CC1)N1CCC(CC(=O)NC)CC1. The maximum absolute atomic E-state index is 11.4. The Balaban J connectivity index is 1.72. The number of piperidine rings is 1. The first kappa shape index (κ1) is 14.2. The second-order valence-corrected chi connectivity index (χ2v) is 5.68. The quantitative estimate of drug-likeness (QED) is 0.585. The van der Waals surface area contributed by atoms with E-state index in [0.717, 1.165) is 44.4 Å². The zero-order chi connectivity index (χ0) is 13.7. The molecule has 2 aliphatic rings. The zero-order valence-corrected chi connectivity index (χ0v) is 12.1. The molecule has 1 saturated carbocycles. The van der Waals surface area contributed by atoms with Crippen LogP contribution < -0.4 is 10.6 Å². The molecule has 108 valence electrons. The van der Waals surface area contributed by atoms with Crippen molar-refractivity contribution in [2.45, 2.75) is 32.1 Å². The van der Waals surface area contributed by atoms with Gasteiger partial charge in [0.05, 0.1) is 0 Å². The van der Waals surface area contributed by atoms with E-state index in [9.17, 15) is 4.79 Å². The molecule has 0 aromatic rings. The lowest BCUT2D eigenvalue weighted by Crippen LogP contribution is -2.46. The molecule has 2 fully saturated rings. The normalized spacial score (nSPS) is 21.4. The Morgan fingerprint density at radius 2 is 1.89 bits per heavy atom. The molecular weight excluding hydrogens is 240 g/mol. The van der Waals surface area contributed by atoms with Crippen LogP contribution >= 0.6 is 0 Å². The number of carbonyl (C=O) groups is 1. The molecule has 1 saturated heterocycles. The van der Waals surface area contributed by atoms with Gasteiger partial charge in [0.1, 0.15) is 0 Å². The average Bonchev–Trinajstić information content (AvgIpc) is 3.25. The number of aliphatic imine (C=N–C) groups is 1. The summed E-state index contributed by atoms with van der Waals surface area (Å²) in [7, 11) is 3.56. The summed E-state index contributed by atoms with van der Waals surface area (Å²) in [5.41, 5.74) is 0. The minimum Gasteiger partial charge on any atom is -0.359 e. The highest BCUT2D eigenvalue weighted by Gasteiger charge is 2.25. The molecule has 1 heterocycles. The highest BCUT2D eigenvalue weighted by molar-refractivity contribution is 5.80. The Labute approximate surface area is 115 Å². The van der Waals surface area contributed by atoms with Gasteiger partial charge < -0.3 is 15.5 Å². The molecule has 1 amide bonds. The van der Waals surface area contributed by atoms with Crippen LogP contribution in [0.1, 0.15) is 32.1 Å². The van der Waals surface area contributed by atoms with Crippen molar-refractivity contribution >= 4 is 11.9 Å². The molecule has 5 heteroatoms. The van der Waals surface area contributed by atoms with Crippen LogP contribution in [0.4, 0.5) is 0 Å². The maximum atomic E-state index is 11.4. The molecule has 0 aromatic carbocycles. The van der Waals surface area contributed by atoms with Crippen LogP contribution in [0.3, 0.4) is 0 Å². The van der Waals surface area contributed by atoms with E-state index in [1.54, 1.807) is 7.05 Å². The number of rotatable bonds is 4. The van der Waals surface area contributed by atoms with Gasteiger partial charge in [0.2, 0.25) is 5.91 Å². The van der Waals surface area contributed by atoms with Gasteiger partial charge in [-0.2, -0.15) is 0 Å². The molecule has 0 bridgehead atoms. The summed E-state index contributed by atoms with van der Waals surface area (Å²) in [4.78, 5) is 18.1. The van der Waals surface area contributed by atoms with E-state index in [1.807, 2.05) is 7.05 Å². The molecule has 2 rings (SSSR count). The Morgan fingerprint density at radius 1 is 1.21 bits per heavy atom. The van der Waals surface area contributed by atoms with E-state index in [0.29, 0.717) is 12.3 Å². The summed E-state index contributed by atoms with van der Waals surface area (Å²) in [5.74, 6) is 2.58. The van der Waals surface area contributed by atoms with E-state index in [4.69, 9.17) is 0 Å². The van der Waals surface area contributed by atoms with Gasteiger partial charge in [-0.05, 0) is 37.5 Å². The lowest BCUT2D eigenvalue weighted by atomic mass is 9.93.